The number of carbonyl (C=O) groups excluding carboxylic acids is 1. The predicted molar refractivity (Wildman–Crippen MR) is 95.3 cm³/mol. The number of rotatable bonds is 7. The van der Waals surface area contributed by atoms with Crippen LogP contribution in [0.25, 0.3) is 0 Å². The number of methoxy groups -OCH3 is 1. The van der Waals surface area contributed by atoms with Crippen molar-refractivity contribution in [3.63, 3.8) is 0 Å². The van der Waals surface area contributed by atoms with Crippen molar-refractivity contribution in [1.82, 2.24) is 10.2 Å². The van der Waals surface area contributed by atoms with E-state index in [4.69, 9.17) is 10.5 Å². The zero-order valence-electron chi connectivity index (χ0n) is 12.7. The molecule has 0 aromatic carbocycles. The second-order valence-electron chi connectivity index (χ2n) is 5.04. The van der Waals surface area contributed by atoms with Gasteiger partial charge >= 0.3 is 0 Å². The van der Waals surface area contributed by atoms with Gasteiger partial charge in [-0.15, -0.1) is 36.2 Å². The largest absolute Gasteiger partial charge is 0.380 e. The normalized spacial score (nSPS) is 15.2. The molecule has 1 aromatic heterocycles. The van der Waals surface area contributed by atoms with Crippen LogP contribution in [0.15, 0.2) is 11.4 Å². The van der Waals surface area contributed by atoms with Crippen LogP contribution >= 0.6 is 36.2 Å². The van der Waals surface area contributed by atoms with Crippen molar-refractivity contribution in [2.45, 2.75) is 25.5 Å². The Balaban J connectivity index is 0.00000220. The first-order valence-electron chi connectivity index (χ1n) is 7.00. The maximum atomic E-state index is 11.7. The van der Waals surface area contributed by atoms with E-state index in [1.165, 1.54) is 10.4 Å². The second-order valence-corrected chi connectivity index (χ2v) is 6.04. The topological polar surface area (TPSA) is 67.6 Å². The number of nitrogens with two attached hydrogens (primary N) is 1. The van der Waals surface area contributed by atoms with Crippen molar-refractivity contribution in [3.8, 4) is 0 Å². The third-order valence-electron chi connectivity index (χ3n) is 3.65. The van der Waals surface area contributed by atoms with Crippen molar-refractivity contribution in [1.29, 1.82) is 0 Å². The first-order valence-corrected chi connectivity index (χ1v) is 7.88. The van der Waals surface area contributed by atoms with Gasteiger partial charge in [0.15, 0.2) is 0 Å². The lowest BCUT2D eigenvalue weighted by Crippen LogP contribution is -2.39. The molecule has 1 aromatic rings. The van der Waals surface area contributed by atoms with Gasteiger partial charge in [-0.05, 0) is 23.4 Å². The number of nitrogens with one attached hydrogen (secondary N) is 1. The molecule has 0 aliphatic carbocycles. The highest BCUT2D eigenvalue weighted by Crippen LogP contribution is 2.23. The fraction of sp³-hybridized carbons (Fsp3) is 0.643. The molecule has 1 atom stereocenters. The molecule has 0 saturated carbocycles. The summed E-state index contributed by atoms with van der Waals surface area (Å²) < 4.78 is 5.10. The Morgan fingerprint density at radius 1 is 1.55 bits per heavy atom. The van der Waals surface area contributed by atoms with Crippen LogP contribution in [0.4, 0.5) is 0 Å². The van der Waals surface area contributed by atoms with Gasteiger partial charge in [0.05, 0.1) is 12.5 Å². The van der Waals surface area contributed by atoms with E-state index in [1.54, 1.807) is 7.11 Å². The summed E-state index contributed by atoms with van der Waals surface area (Å²) in [7, 11) is 1.58. The van der Waals surface area contributed by atoms with Gasteiger partial charge in [-0.2, -0.15) is 0 Å². The number of fused-ring (bicyclic) bond motifs is 1. The molecule has 1 unspecified atom stereocenters. The van der Waals surface area contributed by atoms with Crippen molar-refractivity contribution < 1.29 is 9.53 Å². The number of halogens is 2. The van der Waals surface area contributed by atoms with E-state index in [-0.39, 0.29) is 36.8 Å². The maximum absolute atomic E-state index is 11.7. The first-order chi connectivity index (χ1) is 9.72. The fourth-order valence-corrected chi connectivity index (χ4v) is 3.28. The summed E-state index contributed by atoms with van der Waals surface area (Å²) in [6.07, 6.45) is 1.28. The van der Waals surface area contributed by atoms with Gasteiger partial charge in [-0.3, -0.25) is 9.69 Å². The summed E-state index contributed by atoms with van der Waals surface area (Å²) in [6.45, 7) is 4.02. The summed E-state index contributed by atoms with van der Waals surface area (Å²) >= 11 is 1.85. The van der Waals surface area contributed by atoms with E-state index in [0.717, 1.165) is 26.1 Å². The SMILES string of the molecule is COC(CN)CC(=O)NCCN1CCc2sccc2C1.Cl.Cl. The van der Waals surface area contributed by atoms with Gasteiger partial charge < -0.3 is 15.8 Å². The maximum Gasteiger partial charge on any atom is 0.222 e. The number of amides is 1. The number of ether oxygens (including phenoxy) is 1. The van der Waals surface area contributed by atoms with Crippen molar-refractivity contribution in [3.05, 3.63) is 21.9 Å². The van der Waals surface area contributed by atoms with Gasteiger partial charge in [0.25, 0.3) is 0 Å². The molecule has 1 amide bonds. The smallest absolute Gasteiger partial charge is 0.222 e. The third kappa shape index (κ3) is 6.40. The molecule has 1 aliphatic rings. The zero-order chi connectivity index (χ0) is 14.4. The van der Waals surface area contributed by atoms with Gasteiger partial charge in [0, 0.05) is 44.7 Å². The molecule has 5 nitrogen and oxygen atoms in total. The van der Waals surface area contributed by atoms with Crippen LogP contribution in [0.5, 0.6) is 0 Å². The average Bonchev–Trinajstić information content (AvgIpc) is 2.92. The Labute approximate surface area is 148 Å². The standard InChI is InChI=1S/C14H23N3O2S.2ClH/c1-19-12(9-15)8-14(18)16-4-6-17-5-2-13-11(10-17)3-7-20-13;;/h3,7,12H,2,4-6,8-10,15H2,1H3,(H,16,18);2*1H. The molecule has 128 valence electrons. The molecule has 8 heteroatoms. The molecule has 0 spiro atoms. The van der Waals surface area contributed by atoms with Crippen LogP contribution in [0.1, 0.15) is 16.9 Å². The summed E-state index contributed by atoms with van der Waals surface area (Å²) in [5.74, 6) is 0.00975. The lowest BCUT2D eigenvalue weighted by atomic mass is 10.1. The Morgan fingerprint density at radius 2 is 2.32 bits per heavy atom. The highest BCUT2D eigenvalue weighted by molar-refractivity contribution is 7.10. The van der Waals surface area contributed by atoms with Crippen LogP contribution in [0.2, 0.25) is 0 Å². The van der Waals surface area contributed by atoms with E-state index in [9.17, 15) is 4.79 Å². The number of hydrogen-bond donors (Lipinski definition) is 2. The monoisotopic (exact) mass is 369 g/mol. The number of nitrogens with zero attached hydrogens (tertiary/aromatic N) is 1. The minimum absolute atomic E-state index is 0. The molecule has 0 fully saturated rings. The summed E-state index contributed by atoms with van der Waals surface area (Å²) in [4.78, 5) is 15.6. The molecule has 0 saturated heterocycles. The highest BCUT2D eigenvalue weighted by atomic mass is 35.5. The fourth-order valence-electron chi connectivity index (χ4n) is 2.39. The van der Waals surface area contributed by atoms with E-state index in [1.807, 2.05) is 11.3 Å². The lowest BCUT2D eigenvalue weighted by Gasteiger charge is -2.26. The second kappa shape index (κ2) is 11.2. The molecular weight excluding hydrogens is 345 g/mol. The minimum Gasteiger partial charge on any atom is -0.380 e. The van der Waals surface area contributed by atoms with Crippen LogP contribution in [0.3, 0.4) is 0 Å². The Bertz CT molecular complexity index is 441. The van der Waals surface area contributed by atoms with E-state index >= 15 is 0 Å². The quantitative estimate of drug-likeness (QED) is 0.762. The molecule has 0 radical (unpaired) electrons. The van der Waals surface area contributed by atoms with E-state index < -0.39 is 0 Å². The van der Waals surface area contributed by atoms with Crippen LogP contribution < -0.4 is 11.1 Å². The molecular formula is C14H25Cl2N3O2S. The first kappa shape index (κ1) is 21.6. The molecule has 22 heavy (non-hydrogen) atoms. The minimum atomic E-state index is -0.182. The van der Waals surface area contributed by atoms with E-state index in [0.29, 0.717) is 19.5 Å². The molecule has 3 N–H and O–H groups in total. The van der Waals surface area contributed by atoms with Gasteiger partial charge in [0.1, 0.15) is 0 Å². The number of thiophene rings is 1. The Morgan fingerprint density at radius 3 is 3.00 bits per heavy atom. The highest BCUT2D eigenvalue weighted by Gasteiger charge is 2.17. The van der Waals surface area contributed by atoms with Crippen LogP contribution in [0, 0.1) is 0 Å². The number of hydrogen-bond acceptors (Lipinski definition) is 5. The number of carbonyl (C=O) groups is 1. The van der Waals surface area contributed by atoms with E-state index in [2.05, 4.69) is 21.7 Å². The Kier molecular flexibility index (Phi) is 11.0. The summed E-state index contributed by atoms with van der Waals surface area (Å²) in [5.41, 5.74) is 6.94. The third-order valence-corrected chi connectivity index (χ3v) is 4.67. The van der Waals surface area contributed by atoms with Crippen molar-refractivity contribution in [2.75, 3.05) is 33.3 Å². The molecule has 0 bridgehead atoms. The predicted octanol–water partition coefficient (Wildman–Crippen LogP) is 1.43. The van der Waals surface area contributed by atoms with Crippen molar-refractivity contribution in [2.24, 2.45) is 5.73 Å². The average molecular weight is 370 g/mol. The van der Waals surface area contributed by atoms with Crippen LogP contribution in [-0.4, -0.2) is 50.2 Å². The molecule has 1 aliphatic heterocycles. The van der Waals surface area contributed by atoms with Crippen LogP contribution in [-0.2, 0) is 22.5 Å². The lowest BCUT2D eigenvalue weighted by molar-refractivity contribution is -0.123. The summed E-state index contributed by atoms with van der Waals surface area (Å²) in [6, 6.07) is 2.20. The van der Waals surface area contributed by atoms with Gasteiger partial charge in [0.2, 0.25) is 5.91 Å². The summed E-state index contributed by atoms with van der Waals surface area (Å²) in [5, 5.41) is 5.09. The van der Waals surface area contributed by atoms with Crippen molar-refractivity contribution >= 4 is 42.1 Å². The molecule has 2 rings (SSSR count). The Hall–Kier alpha value is -0.370. The molecule has 2 heterocycles. The van der Waals surface area contributed by atoms with Gasteiger partial charge in [-0.1, -0.05) is 0 Å². The van der Waals surface area contributed by atoms with Gasteiger partial charge in [-0.25, -0.2) is 0 Å². The zero-order valence-corrected chi connectivity index (χ0v) is 15.2.